The van der Waals surface area contributed by atoms with E-state index in [1.807, 2.05) is 56.4 Å². The molecular formula is C16H19NO. The monoisotopic (exact) mass is 241 g/mol. The SMILES string of the molecule is CNCc1cccc(C(O)c2ccc(C)cc2)c1. The van der Waals surface area contributed by atoms with Gasteiger partial charge in [0.15, 0.2) is 0 Å². The van der Waals surface area contributed by atoms with Crippen LogP contribution in [0.3, 0.4) is 0 Å². The molecule has 0 aromatic heterocycles. The summed E-state index contributed by atoms with van der Waals surface area (Å²) >= 11 is 0. The molecule has 2 aromatic rings. The van der Waals surface area contributed by atoms with Crippen LogP contribution in [0.2, 0.25) is 0 Å². The van der Waals surface area contributed by atoms with Gasteiger partial charge in [0.2, 0.25) is 0 Å². The predicted molar refractivity (Wildman–Crippen MR) is 74.4 cm³/mol. The first kappa shape index (κ1) is 12.8. The van der Waals surface area contributed by atoms with E-state index in [-0.39, 0.29) is 0 Å². The summed E-state index contributed by atoms with van der Waals surface area (Å²) < 4.78 is 0. The van der Waals surface area contributed by atoms with E-state index >= 15 is 0 Å². The molecular weight excluding hydrogens is 222 g/mol. The lowest BCUT2D eigenvalue weighted by Gasteiger charge is -2.13. The molecule has 0 aliphatic carbocycles. The predicted octanol–water partition coefficient (Wildman–Crippen LogP) is 2.80. The molecule has 0 spiro atoms. The van der Waals surface area contributed by atoms with Crippen LogP contribution in [-0.4, -0.2) is 12.2 Å². The van der Waals surface area contributed by atoms with Gasteiger partial charge in [0.05, 0.1) is 0 Å². The van der Waals surface area contributed by atoms with E-state index in [9.17, 15) is 5.11 Å². The molecule has 2 heteroatoms. The Morgan fingerprint density at radius 2 is 1.78 bits per heavy atom. The van der Waals surface area contributed by atoms with Crippen molar-refractivity contribution in [2.24, 2.45) is 0 Å². The standard InChI is InChI=1S/C16H19NO/c1-12-6-8-14(9-7-12)16(18)15-5-3-4-13(10-15)11-17-2/h3-10,16-18H,11H2,1-2H3. The van der Waals surface area contributed by atoms with Gasteiger partial charge >= 0.3 is 0 Å². The van der Waals surface area contributed by atoms with E-state index in [1.165, 1.54) is 11.1 Å². The van der Waals surface area contributed by atoms with E-state index in [1.54, 1.807) is 0 Å². The highest BCUT2D eigenvalue weighted by Crippen LogP contribution is 2.22. The minimum absolute atomic E-state index is 0.553. The van der Waals surface area contributed by atoms with Gasteiger partial charge in [-0.05, 0) is 30.7 Å². The van der Waals surface area contributed by atoms with E-state index in [4.69, 9.17) is 0 Å². The Bertz CT molecular complexity index is 505. The average Bonchev–Trinajstić information content (AvgIpc) is 2.39. The number of aryl methyl sites for hydroxylation is 1. The summed E-state index contributed by atoms with van der Waals surface area (Å²) in [7, 11) is 1.92. The van der Waals surface area contributed by atoms with Gasteiger partial charge in [0.25, 0.3) is 0 Å². The van der Waals surface area contributed by atoms with Crippen LogP contribution in [0.4, 0.5) is 0 Å². The summed E-state index contributed by atoms with van der Waals surface area (Å²) in [5, 5.41) is 13.5. The molecule has 0 fully saturated rings. The van der Waals surface area contributed by atoms with Crippen molar-refractivity contribution in [3.05, 3.63) is 70.8 Å². The molecule has 0 radical (unpaired) electrons. The molecule has 2 aromatic carbocycles. The summed E-state index contributed by atoms with van der Waals surface area (Å²) in [6, 6.07) is 16.0. The van der Waals surface area contributed by atoms with Crippen LogP contribution in [0.5, 0.6) is 0 Å². The van der Waals surface area contributed by atoms with Crippen molar-refractivity contribution < 1.29 is 5.11 Å². The van der Waals surface area contributed by atoms with Crippen LogP contribution in [0.15, 0.2) is 48.5 Å². The lowest BCUT2D eigenvalue weighted by atomic mass is 9.99. The lowest BCUT2D eigenvalue weighted by Crippen LogP contribution is -2.06. The minimum Gasteiger partial charge on any atom is -0.384 e. The first-order valence-electron chi connectivity index (χ1n) is 6.19. The van der Waals surface area contributed by atoms with Gasteiger partial charge in [-0.3, -0.25) is 0 Å². The third-order valence-corrected chi connectivity index (χ3v) is 3.04. The van der Waals surface area contributed by atoms with Gasteiger partial charge < -0.3 is 10.4 Å². The number of hydrogen-bond acceptors (Lipinski definition) is 2. The Morgan fingerprint density at radius 1 is 1.06 bits per heavy atom. The third-order valence-electron chi connectivity index (χ3n) is 3.04. The highest BCUT2D eigenvalue weighted by atomic mass is 16.3. The largest absolute Gasteiger partial charge is 0.384 e. The molecule has 2 N–H and O–H groups in total. The molecule has 18 heavy (non-hydrogen) atoms. The summed E-state index contributed by atoms with van der Waals surface area (Å²) in [6.45, 7) is 2.86. The maximum Gasteiger partial charge on any atom is 0.104 e. The smallest absolute Gasteiger partial charge is 0.104 e. The second-order valence-corrected chi connectivity index (χ2v) is 4.59. The van der Waals surface area contributed by atoms with E-state index in [0.29, 0.717) is 0 Å². The average molecular weight is 241 g/mol. The van der Waals surface area contributed by atoms with Crippen molar-refractivity contribution in [2.45, 2.75) is 19.6 Å². The summed E-state index contributed by atoms with van der Waals surface area (Å²) in [5.41, 5.74) is 4.25. The molecule has 2 rings (SSSR count). The van der Waals surface area contributed by atoms with Crippen molar-refractivity contribution in [3.63, 3.8) is 0 Å². The zero-order valence-corrected chi connectivity index (χ0v) is 10.9. The first-order chi connectivity index (χ1) is 8.70. The molecule has 1 atom stereocenters. The van der Waals surface area contributed by atoms with E-state index in [0.717, 1.165) is 17.7 Å². The fourth-order valence-electron chi connectivity index (χ4n) is 2.02. The van der Waals surface area contributed by atoms with Gasteiger partial charge in [-0.1, -0.05) is 54.1 Å². The molecule has 0 heterocycles. The zero-order valence-electron chi connectivity index (χ0n) is 10.9. The minimum atomic E-state index is -0.553. The molecule has 0 amide bonds. The van der Waals surface area contributed by atoms with Gasteiger partial charge in [-0.15, -0.1) is 0 Å². The quantitative estimate of drug-likeness (QED) is 0.862. The van der Waals surface area contributed by atoms with Gasteiger partial charge in [0.1, 0.15) is 6.10 Å². The van der Waals surface area contributed by atoms with Crippen LogP contribution in [0.25, 0.3) is 0 Å². The third kappa shape index (κ3) is 2.97. The number of hydrogen-bond donors (Lipinski definition) is 2. The molecule has 0 aliphatic rings. The second kappa shape index (κ2) is 5.80. The molecule has 1 unspecified atom stereocenters. The van der Waals surface area contributed by atoms with Gasteiger partial charge in [-0.25, -0.2) is 0 Å². The Labute approximate surface area is 108 Å². The highest BCUT2D eigenvalue weighted by Gasteiger charge is 2.10. The van der Waals surface area contributed by atoms with Crippen LogP contribution in [0, 0.1) is 6.92 Å². The molecule has 94 valence electrons. The zero-order chi connectivity index (χ0) is 13.0. The second-order valence-electron chi connectivity index (χ2n) is 4.59. The molecule has 0 bridgehead atoms. The fourth-order valence-corrected chi connectivity index (χ4v) is 2.02. The maximum absolute atomic E-state index is 10.4. The Balaban J connectivity index is 2.24. The molecule has 2 nitrogen and oxygen atoms in total. The van der Waals surface area contributed by atoms with Crippen molar-refractivity contribution >= 4 is 0 Å². The molecule has 0 saturated heterocycles. The normalized spacial score (nSPS) is 12.4. The van der Waals surface area contributed by atoms with Gasteiger partial charge in [-0.2, -0.15) is 0 Å². The maximum atomic E-state index is 10.4. The summed E-state index contributed by atoms with van der Waals surface area (Å²) in [6.07, 6.45) is -0.553. The highest BCUT2D eigenvalue weighted by molar-refractivity contribution is 5.33. The topological polar surface area (TPSA) is 32.3 Å². The Morgan fingerprint density at radius 3 is 2.44 bits per heavy atom. The van der Waals surface area contributed by atoms with Crippen molar-refractivity contribution in [1.29, 1.82) is 0 Å². The number of nitrogens with one attached hydrogen (secondary N) is 1. The number of rotatable bonds is 4. The van der Waals surface area contributed by atoms with Crippen molar-refractivity contribution in [3.8, 4) is 0 Å². The molecule has 0 saturated carbocycles. The summed E-state index contributed by atoms with van der Waals surface area (Å²) in [4.78, 5) is 0. The number of aliphatic hydroxyl groups excluding tert-OH is 1. The summed E-state index contributed by atoms with van der Waals surface area (Å²) in [5.74, 6) is 0. The van der Waals surface area contributed by atoms with Crippen LogP contribution in [-0.2, 0) is 6.54 Å². The fraction of sp³-hybridized carbons (Fsp3) is 0.250. The van der Waals surface area contributed by atoms with Crippen molar-refractivity contribution in [2.75, 3.05) is 7.05 Å². The lowest BCUT2D eigenvalue weighted by molar-refractivity contribution is 0.220. The first-order valence-corrected chi connectivity index (χ1v) is 6.19. The van der Waals surface area contributed by atoms with E-state index < -0.39 is 6.10 Å². The van der Waals surface area contributed by atoms with Crippen molar-refractivity contribution in [1.82, 2.24) is 5.32 Å². The van der Waals surface area contributed by atoms with Gasteiger partial charge in [0, 0.05) is 6.54 Å². The number of benzene rings is 2. The molecule has 0 aliphatic heterocycles. The Kier molecular flexibility index (Phi) is 4.13. The van der Waals surface area contributed by atoms with Crippen LogP contribution < -0.4 is 5.32 Å². The Hall–Kier alpha value is -1.64. The number of aliphatic hydroxyl groups is 1. The van der Waals surface area contributed by atoms with E-state index in [2.05, 4.69) is 11.4 Å². The van der Waals surface area contributed by atoms with Crippen LogP contribution in [0.1, 0.15) is 28.4 Å². The van der Waals surface area contributed by atoms with Crippen LogP contribution >= 0.6 is 0 Å².